The highest BCUT2D eigenvalue weighted by Gasteiger charge is 2.35. The molecule has 1 saturated carbocycles. The molecule has 0 unspecified atom stereocenters. The van der Waals surface area contributed by atoms with E-state index in [4.69, 9.17) is 0 Å². The maximum absolute atomic E-state index is 12.6. The van der Waals surface area contributed by atoms with Crippen molar-refractivity contribution < 1.29 is 23.1 Å². The lowest BCUT2D eigenvalue weighted by atomic mass is 9.95. The first-order valence-electron chi connectivity index (χ1n) is 5.29. The highest BCUT2D eigenvalue weighted by molar-refractivity contribution is 5.81. The number of Topliss-reactive ketones (excluding diaryl/α,β-unsaturated/α-hetero) is 1. The lowest BCUT2D eigenvalue weighted by Crippen LogP contribution is -2.07. The first kappa shape index (κ1) is 12.0. The first-order valence-corrected chi connectivity index (χ1v) is 5.29. The number of phenols is 1. The van der Waals surface area contributed by atoms with E-state index in [9.17, 15) is 23.1 Å². The summed E-state index contributed by atoms with van der Waals surface area (Å²) in [4.78, 5) is 11.1. The van der Waals surface area contributed by atoms with Gasteiger partial charge in [0.25, 0.3) is 0 Å². The lowest BCUT2D eigenvalue weighted by Gasteiger charge is -2.14. The highest BCUT2D eigenvalue weighted by Crippen LogP contribution is 2.39. The Labute approximate surface area is 96.1 Å². The second-order valence-electron chi connectivity index (χ2n) is 4.25. The first-order chi connectivity index (χ1) is 7.88. The molecule has 1 N–H and O–H groups in total. The fourth-order valence-electron chi connectivity index (χ4n) is 2.13. The summed E-state index contributed by atoms with van der Waals surface area (Å²) in [7, 11) is 0. The van der Waals surface area contributed by atoms with Crippen LogP contribution in [0, 0.1) is 0 Å². The smallest absolute Gasteiger partial charge is 0.419 e. The number of rotatable bonds is 1. The largest absolute Gasteiger partial charge is 0.507 e. The number of hydrogen-bond acceptors (Lipinski definition) is 2. The molecule has 0 radical (unpaired) electrons. The second-order valence-corrected chi connectivity index (χ2v) is 4.25. The van der Waals surface area contributed by atoms with Crippen molar-refractivity contribution in [2.24, 2.45) is 0 Å². The van der Waals surface area contributed by atoms with E-state index in [2.05, 4.69) is 0 Å². The molecule has 17 heavy (non-hydrogen) atoms. The number of halogens is 3. The van der Waals surface area contributed by atoms with Crippen molar-refractivity contribution in [2.45, 2.75) is 31.4 Å². The SMILES string of the molecule is O=C1CC[C@H](c2ccc(O)c(C(F)(F)F)c2)C1. The summed E-state index contributed by atoms with van der Waals surface area (Å²) in [6, 6.07) is 3.44. The quantitative estimate of drug-likeness (QED) is 0.823. The lowest BCUT2D eigenvalue weighted by molar-refractivity contribution is -0.138. The summed E-state index contributed by atoms with van der Waals surface area (Å²) in [5.41, 5.74) is -0.560. The third-order valence-corrected chi connectivity index (χ3v) is 3.04. The van der Waals surface area contributed by atoms with Crippen LogP contribution in [0.2, 0.25) is 0 Å². The van der Waals surface area contributed by atoms with E-state index < -0.39 is 17.5 Å². The Morgan fingerprint density at radius 3 is 2.53 bits per heavy atom. The summed E-state index contributed by atoms with van der Waals surface area (Å²) in [6.45, 7) is 0. The van der Waals surface area contributed by atoms with Crippen molar-refractivity contribution in [3.8, 4) is 5.75 Å². The third-order valence-electron chi connectivity index (χ3n) is 3.04. The van der Waals surface area contributed by atoms with E-state index in [-0.39, 0.29) is 11.7 Å². The van der Waals surface area contributed by atoms with E-state index in [0.29, 0.717) is 24.8 Å². The zero-order valence-corrected chi connectivity index (χ0v) is 8.92. The Kier molecular flexibility index (Phi) is 2.85. The Hall–Kier alpha value is -1.52. The van der Waals surface area contributed by atoms with E-state index in [0.717, 1.165) is 12.1 Å². The number of ketones is 1. The van der Waals surface area contributed by atoms with Gasteiger partial charge in [0.05, 0.1) is 5.56 Å². The van der Waals surface area contributed by atoms with Crippen molar-refractivity contribution >= 4 is 5.78 Å². The molecule has 1 aromatic carbocycles. The Bertz CT molecular complexity index is 452. The molecule has 0 heterocycles. The summed E-state index contributed by atoms with van der Waals surface area (Å²) < 4.78 is 37.7. The zero-order chi connectivity index (χ0) is 12.6. The minimum absolute atomic E-state index is 0.0802. The van der Waals surface area contributed by atoms with Gasteiger partial charge in [0, 0.05) is 12.8 Å². The van der Waals surface area contributed by atoms with Gasteiger partial charge in [-0.25, -0.2) is 0 Å². The average molecular weight is 244 g/mol. The average Bonchev–Trinajstić information content (AvgIpc) is 2.64. The van der Waals surface area contributed by atoms with Crippen LogP contribution in [0.1, 0.15) is 36.3 Å². The second kappa shape index (κ2) is 4.05. The van der Waals surface area contributed by atoms with Crippen LogP contribution in [0.15, 0.2) is 18.2 Å². The van der Waals surface area contributed by atoms with Gasteiger partial charge in [0.1, 0.15) is 11.5 Å². The normalized spacial score (nSPS) is 20.9. The topological polar surface area (TPSA) is 37.3 Å². The molecule has 1 aromatic rings. The molecule has 1 fully saturated rings. The monoisotopic (exact) mass is 244 g/mol. The van der Waals surface area contributed by atoms with Gasteiger partial charge >= 0.3 is 6.18 Å². The van der Waals surface area contributed by atoms with Crippen LogP contribution in [0.25, 0.3) is 0 Å². The highest BCUT2D eigenvalue weighted by atomic mass is 19.4. The Balaban J connectivity index is 2.34. The van der Waals surface area contributed by atoms with Gasteiger partial charge in [-0.15, -0.1) is 0 Å². The number of alkyl halides is 3. The number of hydrogen-bond donors (Lipinski definition) is 1. The minimum Gasteiger partial charge on any atom is -0.507 e. The maximum atomic E-state index is 12.6. The molecular formula is C12H11F3O2. The molecule has 0 aliphatic heterocycles. The van der Waals surface area contributed by atoms with Gasteiger partial charge in [0.15, 0.2) is 0 Å². The van der Waals surface area contributed by atoms with Crippen LogP contribution < -0.4 is 0 Å². The van der Waals surface area contributed by atoms with Gasteiger partial charge in [0.2, 0.25) is 0 Å². The van der Waals surface area contributed by atoms with Crippen LogP contribution in [-0.4, -0.2) is 10.9 Å². The predicted octanol–water partition coefficient (Wildman–Crippen LogP) is 3.25. The summed E-state index contributed by atoms with van der Waals surface area (Å²) in [5.74, 6) is -0.841. The summed E-state index contributed by atoms with van der Waals surface area (Å²) >= 11 is 0. The molecule has 92 valence electrons. The molecule has 0 amide bonds. The number of phenolic OH excluding ortho intramolecular Hbond substituents is 1. The predicted molar refractivity (Wildman–Crippen MR) is 54.7 cm³/mol. The third kappa shape index (κ3) is 2.43. The van der Waals surface area contributed by atoms with Gasteiger partial charge in [-0.3, -0.25) is 4.79 Å². The van der Waals surface area contributed by atoms with Crippen LogP contribution in [0.5, 0.6) is 5.75 Å². The van der Waals surface area contributed by atoms with Crippen molar-refractivity contribution in [3.63, 3.8) is 0 Å². The van der Waals surface area contributed by atoms with Crippen LogP contribution in [0.3, 0.4) is 0 Å². The van der Waals surface area contributed by atoms with Crippen molar-refractivity contribution in [3.05, 3.63) is 29.3 Å². The van der Waals surface area contributed by atoms with Crippen molar-refractivity contribution in [1.29, 1.82) is 0 Å². The molecule has 2 nitrogen and oxygen atoms in total. The standard InChI is InChI=1S/C12H11F3O2/c13-12(14,15)10-6-8(2-4-11(10)17)7-1-3-9(16)5-7/h2,4,6-7,17H,1,3,5H2/t7-/m0/s1. The molecule has 0 spiro atoms. The van der Waals surface area contributed by atoms with Crippen molar-refractivity contribution in [1.82, 2.24) is 0 Å². The zero-order valence-electron chi connectivity index (χ0n) is 8.92. The maximum Gasteiger partial charge on any atom is 0.419 e. The van der Waals surface area contributed by atoms with Gasteiger partial charge < -0.3 is 5.11 Å². The number of benzene rings is 1. The van der Waals surface area contributed by atoms with E-state index in [1.54, 1.807) is 0 Å². The fourth-order valence-corrected chi connectivity index (χ4v) is 2.13. The fraction of sp³-hybridized carbons (Fsp3) is 0.417. The number of aromatic hydroxyl groups is 1. The minimum atomic E-state index is -4.57. The summed E-state index contributed by atoms with van der Waals surface area (Å²) in [5, 5.41) is 9.18. The molecule has 0 bridgehead atoms. The molecular weight excluding hydrogens is 233 g/mol. The van der Waals surface area contributed by atoms with E-state index in [1.165, 1.54) is 6.07 Å². The van der Waals surface area contributed by atoms with Crippen LogP contribution in [-0.2, 0) is 11.0 Å². The van der Waals surface area contributed by atoms with Gasteiger partial charge in [-0.2, -0.15) is 13.2 Å². The number of carbonyl (C=O) groups is 1. The number of carbonyl (C=O) groups excluding carboxylic acids is 1. The molecule has 0 aromatic heterocycles. The van der Waals surface area contributed by atoms with Gasteiger partial charge in [-0.05, 0) is 30.0 Å². The van der Waals surface area contributed by atoms with Crippen LogP contribution >= 0.6 is 0 Å². The molecule has 5 heteroatoms. The Morgan fingerprint density at radius 2 is 2.00 bits per heavy atom. The van der Waals surface area contributed by atoms with E-state index >= 15 is 0 Å². The summed E-state index contributed by atoms with van der Waals surface area (Å²) in [6.07, 6.45) is -3.27. The molecule has 1 aliphatic carbocycles. The van der Waals surface area contributed by atoms with Crippen molar-refractivity contribution in [2.75, 3.05) is 0 Å². The molecule has 2 rings (SSSR count). The Morgan fingerprint density at radius 1 is 1.29 bits per heavy atom. The molecule has 0 saturated heterocycles. The molecule has 1 atom stereocenters. The van der Waals surface area contributed by atoms with E-state index in [1.807, 2.05) is 0 Å². The molecule has 1 aliphatic rings. The van der Waals surface area contributed by atoms with Gasteiger partial charge in [-0.1, -0.05) is 6.07 Å². The van der Waals surface area contributed by atoms with Crippen LogP contribution in [0.4, 0.5) is 13.2 Å².